The molecule has 0 saturated heterocycles. The standard InChI is InChI=1S/C20H24N2O4/c1-4-16(17-8-6-5-7-9-17)13-21-20(23)15(3)26-19-11-10-14(2)12-18(19)22(24)25/h5-12,15-16H,4,13H2,1-3H3,(H,21,23)/t15-,16+/m1/s1. The summed E-state index contributed by atoms with van der Waals surface area (Å²) in [4.78, 5) is 23.0. The number of nitrogens with one attached hydrogen (secondary N) is 1. The van der Waals surface area contributed by atoms with E-state index >= 15 is 0 Å². The number of carbonyl (C=O) groups is 1. The Bertz CT molecular complexity index is 762. The number of benzene rings is 2. The largest absolute Gasteiger partial charge is 0.474 e. The Morgan fingerprint density at radius 3 is 2.54 bits per heavy atom. The molecule has 2 aromatic carbocycles. The molecule has 0 fully saturated rings. The molecule has 0 aliphatic carbocycles. The van der Waals surface area contributed by atoms with Crippen LogP contribution in [0.2, 0.25) is 0 Å². The molecule has 6 nitrogen and oxygen atoms in total. The van der Waals surface area contributed by atoms with E-state index in [0.29, 0.717) is 6.54 Å². The fourth-order valence-corrected chi connectivity index (χ4v) is 2.70. The van der Waals surface area contributed by atoms with Crippen LogP contribution < -0.4 is 10.1 Å². The van der Waals surface area contributed by atoms with E-state index in [2.05, 4.69) is 12.2 Å². The number of amides is 1. The van der Waals surface area contributed by atoms with Gasteiger partial charge in [-0.3, -0.25) is 14.9 Å². The van der Waals surface area contributed by atoms with Crippen molar-refractivity contribution in [2.75, 3.05) is 6.54 Å². The first-order chi connectivity index (χ1) is 12.4. The highest BCUT2D eigenvalue weighted by Gasteiger charge is 2.22. The molecule has 0 aliphatic heterocycles. The summed E-state index contributed by atoms with van der Waals surface area (Å²) in [7, 11) is 0. The minimum Gasteiger partial charge on any atom is -0.474 e. The van der Waals surface area contributed by atoms with E-state index in [1.54, 1.807) is 19.9 Å². The van der Waals surface area contributed by atoms with Crippen LogP contribution in [0, 0.1) is 17.0 Å². The van der Waals surface area contributed by atoms with Gasteiger partial charge < -0.3 is 10.1 Å². The van der Waals surface area contributed by atoms with Crippen LogP contribution in [-0.4, -0.2) is 23.5 Å². The van der Waals surface area contributed by atoms with E-state index < -0.39 is 11.0 Å². The maximum Gasteiger partial charge on any atom is 0.311 e. The first-order valence-corrected chi connectivity index (χ1v) is 8.66. The fraction of sp³-hybridized carbons (Fsp3) is 0.350. The van der Waals surface area contributed by atoms with Crippen molar-refractivity contribution in [2.45, 2.75) is 39.2 Å². The van der Waals surface area contributed by atoms with E-state index in [4.69, 9.17) is 4.74 Å². The van der Waals surface area contributed by atoms with Crippen molar-refractivity contribution in [3.05, 3.63) is 69.8 Å². The summed E-state index contributed by atoms with van der Waals surface area (Å²) in [6.45, 7) is 5.91. The Morgan fingerprint density at radius 1 is 1.23 bits per heavy atom. The quantitative estimate of drug-likeness (QED) is 0.573. The average Bonchev–Trinajstić information content (AvgIpc) is 2.64. The zero-order chi connectivity index (χ0) is 19.1. The van der Waals surface area contributed by atoms with Crippen LogP contribution in [0.3, 0.4) is 0 Å². The number of nitro groups is 1. The topological polar surface area (TPSA) is 81.5 Å². The third kappa shape index (κ3) is 5.05. The minimum absolute atomic E-state index is 0.0957. The third-order valence-electron chi connectivity index (χ3n) is 4.27. The van der Waals surface area contributed by atoms with Gasteiger partial charge >= 0.3 is 5.69 Å². The van der Waals surface area contributed by atoms with Crippen LogP contribution in [-0.2, 0) is 4.79 Å². The second kappa shape index (κ2) is 8.99. The van der Waals surface area contributed by atoms with Gasteiger partial charge in [0.25, 0.3) is 5.91 Å². The number of aryl methyl sites for hydroxylation is 1. The number of nitro benzene ring substituents is 1. The second-order valence-electron chi connectivity index (χ2n) is 6.25. The molecule has 0 heterocycles. The van der Waals surface area contributed by atoms with Crippen molar-refractivity contribution in [3.8, 4) is 5.75 Å². The predicted octanol–water partition coefficient (Wildman–Crippen LogP) is 3.98. The maximum absolute atomic E-state index is 12.3. The second-order valence-corrected chi connectivity index (χ2v) is 6.25. The molecule has 1 amide bonds. The smallest absolute Gasteiger partial charge is 0.311 e. The van der Waals surface area contributed by atoms with Gasteiger partial charge in [0.1, 0.15) is 0 Å². The molecule has 0 spiro atoms. The van der Waals surface area contributed by atoms with E-state index in [-0.39, 0.29) is 23.3 Å². The average molecular weight is 356 g/mol. The fourth-order valence-electron chi connectivity index (χ4n) is 2.70. The lowest BCUT2D eigenvalue weighted by Gasteiger charge is -2.19. The maximum atomic E-state index is 12.3. The van der Waals surface area contributed by atoms with E-state index in [0.717, 1.165) is 17.5 Å². The first kappa shape index (κ1) is 19.4. The molecule has 0 saturated carbocycles. The monoisotopic (exact) mass is 356 g/mol. The van der Waals surface area contributed by atoms with Crippen molar-refractivity contribution in [2.24, 2.45) is 0 Å². The van der Waals surface area contributed by atoms with E-state index in [1.165, 1.54) is 12.1 Å². The van der Waals surface area contributed by atoms with Gasteiger partial charge in [0.15, 0.2) is 11.9 Å². The molecule has 6 heteroatoms. The molecule has 0 aliphatic rings. The number of nitrogens with zero attached hydrogens (tertiary/aromatic N) is 1. The molecule has 0 bridgehead atoms. The summed E-state index contributed by atoms with van der Waals surface area (Å²) < 4.78 is 5.54. The molecule has 26 heavy (non-hydrogen) atoms. The molecule has 2 aromatic rings. The van der Waals surface area contributed by atoms with Crippen molar-refractivity contribution in [1.29, 1.82) is 0 Å². The predicted molar refractivity (Wildman–Crippen MR) is 100 cm³/mol. The number of hydrogen-bond acceptors (Lipinski definition) is 4. The minimum atomic E-state index is -0.829. The lowest BCUT2D eigenvalue weighted by atomic mass is 9.96. The Kier molecular flexibility index (Phi) is 6.72. The number of ether oxygens (including phenoxy) is 1. The molecular weight excluding hydrogens is 332 g/mol. The van der Waals surface area contributed by atoms with Crippen LogP contribution in [0.5, 0.6) is 5.75 Å². The molecule has 138 valence electrons. The van der Waals surface area contributed by atoms with Crippen LogP contribution >= 0.6 is 0 Å². The van der Waals surface area contributed by atoms with Crippen LogP contribution in [0.1, 0.15) is 37.3 Å². The van der Waals surface area contributed by atoms with E-state index in [1.807, 2.05) is 30.3 Å². The van der Waals surface area contributed by atoms with Gasteiger partial charge in [0.2, 0.25) is 0 Å². The lowest BCUT2D eigenvalue weighted by molar-refractivity contribution is -0.386. The summed E-state index contributed by atoms with van der Waals surface area (Å²) >= 11 is 0. The van der Waals surface area contributed by atoms with E-state index in [9.17, 15) is 14.9 Å². The zero-order valence-electron chi connectivity index (χ0n) is 15.3. The zero-order valence-corrected chi connectivity index (χ0v) is 15.3. The van der Waals surface area contributed by atoms with Crippen LogP contribution in [0.25, 0.3) is 0 Å². The van der Waals surface area contributed by atoms with Gasteiger partial charge in [-0.25, -0.2) is 0 Å². The first-order valence-electron chi connectivity index (χ1n) is 8.66. The van der Waals surface area contributed by atoms with Gasteiger partial charge in [-0.05, 0) is 37.5 Å². The van der Waals surface area contributed by atoms with Crippen LogP contribution in [0.15, 0.2) is 48.5 Å². The number of rotatable bonds is 8. The molecule has 1 N–H and O–H groups in total. The van der Waals surface area contributed by atoms with Crippen molar-refractivity contribution >= 4 is 11.6 Å². The number of carbonyl (C=O) groups excluding carboxylic acids is 1. The molecule has 2 rings (SSSR count). The Hall–Kier alpha value is -2.89. The highest BCUT2D eigenvalue weighted by atomic mass is 16.6. The Labute approximate surface area is 153 Å². The van der Waals surface area contributed by atoms with Gasteiger partial charge in [-0.2, -0.15) is 0 Å². The summed E-state index contributed by atoms with van der Waals surface area (Å²) in [5.74, 6) is 0.00802. The highest BCUT2D eigenvalue weighted by molar-refractivity contribution is 5.80. The van der Waals surface area contributed by atoms with Crippen molar-refractivity contribution < 1.29 is 14.5 Å². The summed E-state index contributed by atoms with van der Waals surface area (Å²) in [6, 6.07) is 14.7. The van der Waals surface area contributed by atoms with Crippen molar-refractivity contribution in [3.63, 3.8) is 0 Å². The lowest BCUT2D eigenvalue weighted by Crippen LogP contribution is -2.38. The Balaban J connectivity index is 1.99. The summed E-state index contributed by atoms with van der Waals surface area (Å²) in [6.07, 6.45) is 0.0628. The molecule has 0 unspecified atom stereocenters. The molecule has 0 aromatic heterocycles. The Morgan fingerprint density at radius 2 is 1.92 bits per heavy atom. The summed E-state index contributed by atoms with van der Waals surface area (Å²) in [5, 5.41) is 14.0. The number of hydrogen-bond donors (Lipinski definition) is 1. The van der Waals surface area contributed by atoms with Gasteiger partial charge in [0, 0.05) is 18.5 Å². The van der Waals surface area contributed by atoms with Gasteiger partial charge in [-0.15, -0.1) is 0 Å². The summed E-state index contributed by atoms with van der Waals surface area (Å²) in [5.41, 5.74) is 1.79. The van der Waals surface area contributed by atoms with Gasteiger partial charge in [-0.1, -0.05) is 43.3 Å². The molecule has 2 atom stereocenters. The highest BCUT2D eigenvalue weighted by Crippen LogP contribution is 2.28. The third-order valence-corrected chi connectivity index (χ3v) is 4.27. The van der Waals surface area contributed by atoms with Gasteiger partial charge in [0.05, 0.1) is 4.92 Å². The molecule has 0 radical (unpaired) electrons. The van der Waals surface area contributed by atoms with Crippen LogP contribution in [0.4, 0.5) is 5.69 Å². The SMILES string of the molecule is CC[C@@H](CNC(=O)[C@@H](C)Oc1ccc(C)cc1[N+](=O)[O-])c1ccccc1. The van der Waals surface area contributed by atoms with Crippen molar-refractivity contribution in [1.82, 2.24) is 5.32 Å². The normalized spacial score (nSPS) is 12.9. The molecular formula is C20H24N2O4.